The Balaban J connectivity index is 2.14. The molecule has 1 N–H and O–H groups in total. The van der Waals surface area contributed by atoms with Gasteiger partial charge in [0.15, 0.2) is 0 Å². The molecule has 0 amide bonds. The molecule has 0 atom stereocenters. The Hall–Kier alpha value is -2.40. The van der Waals surface area contributed by atoms with Crippen molar-refractivity contribution in [1.82, 2.24) is 15.2 Å². The minimum Gasteiger partial charge on any atom is -0.489 e. The first kappa shape index (κ1) is 15.5. The lowest BCUT2D eigenvalue weighted by atomic mass is 10.0. The number of hydrogen-bond acceptors (Lipinski definition) is 4. The summed E-state index contributed by atoms with van der Waals surface area (Å²) >= 11 is 0. The number of H-pyrrole nitrogens is 1. The maximum Gasteiger partial charge on any atom is 0.145 e. The molecule has 3 aromatic rings. The summed E-state index contributed by atoms with van der Waals surface area (Å²) < 4.78 is 10.9. The molecule has 0 spiro atoms. The zero-order chi connectivity index (χ0) is 16.4. The average Bonchev–Trinajstić information content (AvgIpc) is 2.87. The molecule has 23 heavy (non-hydrogen) atoms. The van der Waals surface area contributed by atoms with Crippen LogP contribution in [-0.4, -0.2) is 35.5 Å². The van der Waals surface area contributed by atoms with Crippen LogP contribution in [0.2, 0.25) is 0 Å². The number of nitrogens with one attached hydrogen (secondary N) is 1. The van der Waals surface area contributed by atoms with Gasteiger partial charge in [0.1, 0.15) is 17.9 Å². The fraction of sp³-hybridized carbons (Fsp3) is 0.333. The second-order valence-corrected chi connectivity index (χ2v) is 5.63. The maximum atomic E-state index is 5.84. The Kier molecular flexibility index (Phi) is 4.30. The van der Waals surface area contributed by atoms with E-state index in [2.05, 4.69) is 29.3 Å². The van der Waals surface area contributed by atoms with Crippen LogP contribution in [0, 0.1) is 20.8 Å². The van der Waals surface area contributed by atoms with Crippen molar-refractivity contribution in [2.45, 2.75) is 20.8 Å². The first-order chi connectivity index (χ1) is 11.1. The van der Waals surface area contributed by atoms with Gasteiger partial charge in [0.25, 0.3) is 0 Å². The first-order valence-corrected chi connectivity index (χ1v) is 7.66. The number of hydrogen-bond donors (Lipinski definition) is 1. The second-order valence-electron chi connectivity index (χ2n) is 5.63. The molecule has 1 aromatic carbocycles. The van der Waals surface area contributed by atoms with Gasteiger partial charge in [0.2, 0.25) is 0 Å². The molecule has 5 nitrogen and oxygen atoms in total. The Morgan fingerprint density at radius 1 is 1.13 bits per heavy atom. The van der Waals surface area contributed by atoms with Gasteiger partial charge in [-0.25, -0.2) is 4.98 Å². The Labute approximate surface area is 135 Å². The van der Waals surface area contributed by atoms with Crippen molar-refractivity contribution in [3.63, 3.8) is 0 Å². The predicted molar refractivity (Wildman–Crippen MR) is 90.9 cm³/mol. The Bertz CT molecular complexity index is 820. The van der Waals surface area contributed by atoms with Crippen molar-refractivity contribution in [3.05, 3.63) is 41.2 Å². The molecule has 2 aromatic heterocycles. The molecule has 3 rings (SSSR count). The number of para-hydroxylation sites is 1. The predicted octanol–water partition coefficient (Wildman–Crippen LogP) is 3.58. The number of aromatic nitrogens is 3. The van der Waals surface area contributed by atoms with E-state index in [-0.39, 0.29) is 0 Å². The van der Waals surface area contributed by atoms with Crippen molar-refractivity contribution >= 4 is 10.9 Å². The first-order valence-electron chi connectivity index (χ1n) is 7.66. The monoisotopic (exact) mass is 311 g/mol. The number of fused-ring (bicyclic) bond motifs is 1. The van der Waals surface area contributed by atoms with E-state index in [9.17, 15) is 0 Å². The zero-order valence-corrected chi connectivity index (χ0v) is 13.9. The van der Waals surface area contributed by atoms with Crippen molar-refractivity contribution in [3.8, 4) is 17.0 Å². The maximum absolute atomic E-state index is 5.84. The summed E-state index contributed by atoms with van der Waals surface area (Å²) in [6, 6.07) is 8.11. The zero-order valence-electron chi connectivity index (χ0n) is 13.9. The summed E-state index contributed by atoms with van der Waals surface area (Å²) in [6.07, 6.45) is 0. The number of aryl methyl sites for hydroxylation is 3. The summed E-state index contributed by atoms with van der Waals surface area (Å²) in [6.45, 7) is 7.15. The number of rotatable bonds is 5. The summed E-state index contributed by atoms with van der Waals surface area (Å²) in [4.78, 5) is 4.85. The van der Waals surface area contributed by atoms with E-state index in [1.165, 1.54) is 5.56 Å². The normalized spacial score (nSPS) is 11.1. The number of benzene rings is 1. The van der Waals surface area contributed by atoms with Gasteiger partial charge >= 0.3 is 0 Å². The van der Waals surface area contributed by atoms with Crippen LogP contribution in [0.25, 0.3) is 22.2 Å². The number of aromatic amines is 1. The molecule has 0 aliphatic rings. The van der Waals surface area contributed by atoms with E-state index < -0.39 is 0 Å². The standard InChI is InChI=1S/C18H21N3O2/c1-11-10-15(17-12(2)20-21-13(17)3)19-18-14(11)6-5-7-16(18)23-9-8-22-4/h5-7,10H,8-9H2,1-4H3,(H,20,21). The van der Waals surface area contributed by atoms with Crippen LogP contribution in [-0.2, 0) is 4.74 Å². The third kappa shape index (κ3) is 2.92. The number of nitrogens with zero attached hydrogens (tertiary/aromatic N) is 2. The van der Waals surface area contributed by atoms with Gasteiger partial charge < -0.3 is 9.47 Å². The highest BCUT2D eigenvalue weighted by Crippen LogP contribution is 2.31. The largest absolute Gasteiger partial charge is 0.489 e. The molecule has 5 heteroatoms. The Morgan fingerprint density at radius 3 is 2.65 bits per heavy atom. The van der Waals surface area contributed by atoms with Gasteiger partial charge in [0, 0.05) is 23.8 Å². The highest BCUT2D eigenvalue weighted by Gasteiger charge is 2.14. The summed E-state index contributed by atoms with van der Waals surface area (Å²) in [7, 11) is 1.66. The van der Waals surface area contributed by atoms with Gasteiger partial charge in [-0.3, -0.25) is 5.10 Å². The number of ether oxygens (including phenoxy) is 2. The van der Waals surface area contributed by atoms with E-state index >= 15 is 0 Å². The van der Waals surface area contributed by atoms with Gasteiger partial charge in [-0.1, -0.05) is 12.1 Å². The van der Waals surface area contributed by atoms with Crippen molar-refractivity contribution in [1.29, 1.82) is 0 Å². The molecule has 2 heterocycles. The quantitative estimate of drug-likeness (QED) is 0.732. The third-order valence-corrected chi connectivity index (χ3v) is 3.94. The molecular formula is C18H21N3O2. The van der Waals surface area contributed by atoms with E-state index in [0.717, 1.165) is 39.3 Å². The second kappa shape index (κ2) is 6.38. The highest BCUT2D eigenvalue weighted by atomic mass is 16.5. The van der Waals surface area contributed by atoms with Gasteiger partial charge in [-0.05, 0) is 38.5 Å². The van der Waals surface area contributed by atoms with Crippen molar-refractivity contribution in [2.75, 3.05) is 20.3 Å². The smallest absolute Gasteiger partial charge is 0.145 e. The summed E-state index contributed by atoms with van der Waals surface area (Å²) in [5.74, 6) is 0.781. The fourth-order valence-electron chi connectivity index (χ4n) is 2.80. The third-order valence-electron chi connectivity index (χ3n) is 3.94. The molecule has 0 aliphatic carbocycles. The fourth-order valence-corrected chi connectivity index (χ4v) is 2.80. The average molecular weight is 311 g/mol. The molecular weight excluding hydrogens is 290 g/mol. The van der Waals surface area contributed by atoms with Gasteiger partial charge in [-0.2, -0.15) is 5.10 Å². The summed E-state index contributed by atoms with van der Waals surface area (Å²) in [5, 5.41) is 8.39. The van der Waals surface area contributed by atoms with Gasteiger partial charge in [-0.15, -0.1) is 0 Å². The highest BCUT2D eigenvalue weighted by molar-refractivity contribution is 5.89. The topological polar surface area (TPSA) is 60.0 Å². The van der Waals surface area contributed by atoms with Crippen LogP contribution >= 0.6 is 0 Å². The van der Waals surface area contributed by atoms with Crippen LogP contribution in [0.3, 0.4) is 0 Å². The minimum absolute atomic E-state index is 0.504. The van der Waals surface area contributed by atoms with E-state index in [4.69, 9.17) is 14.5 Å². The van der Waals surface area contributed by atoms with Crippen LogP contribution in [0.15, 0.2) is 24.3 Å². The molecule has 120 valence electrons. The molecule has 0 radical (unpaired) electrons. The molecule has 0 aliphatic heterocycles. The van der Waals surface area contributed by atoms with Crippen molar-refractivity contribution in [2.24, 2.45) is 0 Å². The summed E-state index contributed by atoms with van der Waals surface area (Å²) in [5.41, 5.74) is 5.99. The number of methoxy groups -OCH3 is 1. The lowest BCUT2D eigenvalue weighted by Crippen LogP contribution is -2.05. The van der Waals surface area contributed by atoms with E-state index in [1.54, 1.807) is 7.11 Å². The lowest BCUT2D eigenvalue weighted by Gasteiger charge is -2.12. The lowest BCUT2D eigenvalue weighted by molar-refractivity contribution is 0.147. The molecule has 0 bridgehead atoms. The van der Waals surface area contributed by atoms with Gasteiger partial charge in [0.05, 0.1) is 18.0 Å². The Morgan fingerprint density at radius 2 is 1.96 bits per heavy atom. The van der Waals surface area contributed by atoms with Crippen LogP contribution in [0.5, 0.6) is 5.75 Å². The molecule has 0 unspecified atom stereocenters. The molecule has 0 saturated carbocycles. The van der Waals surface area contributed by atoms with Crippen LogP contribution in [0.1, 0.15) is 17.0 Å². The minimum atomic E-state index is 0.504. The SMILES string of the molecule is COCCOc1cccc2c(C)cc(-c3c(C)n[nH]c3C)nc12. The number of pyridine rings is 1. The molecule has 0 saturated heterocycles. The van der Waals surface area contributed by atoms with E-state index in [1.807, 2.05) is 26.0 Å². The molecule has 0 fully saturated rings. The van der Waals surface area contributed by atoms with E-state index in [0.29, 0.717) is 13.2 Å². The van der Waals surface area contributed by atoms with Crippen LogP contribution in [0.4, 0.5) is 0 Å². The van der Waals surface area contributed by atoms with Crippen molar-refractivity contribution < 1.29 is 9.47 Å². The van der Waals surface area contributed by atoms with Crippen LogP contribution < -0.4 is 4.74 Å².